The Morgan fingerprint density at radius 3 is 0.597 bits per heavy atom. The highest BCUT2D eigenvalue weighted by Gasteiger charge is 2.42. The topological polar surface area (TPSA) is 166 Å². The molecule has 0 radical (unpaired) electrons. The molecule has 6 heterocycles. The summed E-state index contributed by atoms with van der Waals surface area (Å²) in [7, 11) is 0. The molecule has 0 spiro atoms. The maximum Gasteiger partial charge on any atom is 0.266 e. The second-order valence-corrected chi connectivity index (χ2v) is 38.5. The summed E-state index contributed by atoms with van der Waals surface area (Å²) in [6.07, 6.45) is 0. The first-order valence-corrected chi connectivity index (χ1v) is 44.0. The van der Waals surface area contributed by atoms with Crippen molar-refractivity contribution in [2.45, 2.75) is 172 Å². The third kappa shape index (κ3) is 8.71. The Hall–Kier alpha value is -13.7. The fraction of sp³-hybridized carbons (Fsp3) is 0.236. The highest BCUT2D eigenvalue weighted by Crippen LogP contribution is 2.63. The van der Waals surface area contributed by atoms with Crippen molar-refractivity contribution in [2.75, 3.05) is 0 Å². The molecule has 0 fully saturated rings. The van der Waals surface area contributed by atoms with E-state index >= 15 is 38.4 Å². The van der Waals surface area contributed by atoms with E-state index in [0.717, 1.165) is 67.0 Å². The lowest BCUT2D eigenvalue weighted by atomic mass is 9.73. The van der Waals surface area contributed by atoms with Crippen LogP contribution in [0.2, 0.25) is 0 Å². The molecule has 24 aromatic rings. The van der Waals surface area contributed by atoms with Crippen LogP contribution in [0.4, 0.5) is 0 Å². The van der Waals surface area contributed by atoms with E-state index in [4.69, 9.17) is 0 Å². The number of pyridine rings is 4. The standard InChI is InChI=1S/C110H88N6O8/c1-45(2)57-23-19-24-58(46(3)4)99(57)113-103(117)67-39-65-79-89-77(67)69(105(113)119)41-73-85(89)87-75(111(73)55-35-31-53(17)32-36-55)43-71-84-91(87)93(79)96-82(98(84)110(124)116(107(71)121)102-63(51(13)14)29-22-30-64(102)52(15)16)66-40-68-78-70(106(120)114(104(68)118)100-59(47(5)6)25-20-26-60(100)48(7)8)42-74-86-88-76(112(74)56-37-33-54(18)34-38-56)44-72-83-92(88)94(80(66)90(78)86)95(96)81(65)97(83)109(123)115(108(72)122)101-61(49(9)10)27-21-28-62(101)50(11)12/h19-52H,1-18H3. The van der Waals surface area contributed by atoms with Gasteiger partial charge in [0.25, 0.3) is 44.5 Å². The molecule has 6 aromatic heterocycles. The predicted octanol–water partition coefficient (Wildman–Crippen LogP) is 24.3. The fourth-order valence-corrected chi connectivity index (χ4v) is 23.6. The average Bonchev–Trinajstić information content (AvgIpc) is 1.23. The summed E-state index contributed by atoms with van der Waals surface area (Å²) in [5.74, 6) is -1.40. The monoisotopic (exact) mass is 1620 g/mol. The molecule has 0 atom stereocenters. The number of benzene rings is 18. The molecule has 0 unspecified atom stereocenters. The van der Waals surface area contributed by atoms with Gasteiger partial charge in [0.05, 0.1) is 77.1 Å². The van der Waals surface area contributed by atoms with E-state index in [2.05, 4.69) is 168 Å². The first-order valence-electron chi connectivity index (χ1n) is 44.0. The molecule has 0 aliphatic rings. The van der Waals surface area contributed by atoms with E-state index in [-0.39, 0.29) is 90.4 Å². The zero-order chi connectivity index (χ0) is 86.0. The van der Waals surface area contributed by atoms with Crippen LogP contribution in [0.15, 0.2) is 196 Å². The number of rotatable bonds is 14. The molecule has 0 saturated carbocycles. The summed E-state index contributed by atoms with van der Waals surface area (Å²) in [5, 5.41) is 14.0. The second kappa shape index (κ2) is 24.6. The molecular weight excluding hydrogens is 1530 g/mol. The Balaban J connectivity index is 1.10. The summed E-state index contributed by atoms with van der Waals surface area (Å²) in [4.78, 5) is 141. The van der Waals surface area contributed by atoms with Gasteiger partial charge in [-0.2, -0.15) is 0 Å². The molecule has 606 valence electrons. The number of aryl methyl sites for hydroxylation is 2. The molecule has 18 aromatic carbocycles. The van der Waals surface area contributed by atoms with Crippen LogP contribution in [-0.4, -0.2) is 27.4 Å². The quantitative estimate of drug-likeness (QED) is 0.0766. The normalized spacial score (nSPS) is 13.3. The molecule has 0 aliphatic carbocycles. The van der Waals surface area contributed by atoms with Gasteiger partial charge in [0.15, 0.2) is 0 Å². The number of fused-ring (bicyclic) bond motifs is 4. The molecule has 0 bridgehead atoms. The minimum absolute atomic E-state index is 0.152. The fourth-order valence-electron chi connectivity index (χ4n) is 23.6. The minimum atomic E-state index is -0.590. The Morgan fingerprint density at radius 2 is 0.363 bits per heavy atom. The summed E-state index contributed by atoms with van der Waals surface area (Å²) in [6.45, 7) is 37.3. The largest absolute Gasteiger partial charge is 0.309 e. The SMILES string of the molecule is Cc1ccc(-n2c3cc4c(=O)n(-c5c(C(C)C)cccc5C(C)C)c(=O)c5cc6c7c8c(=O)n(-c9c(C(C)C)cccc9C(C)C)c(=O)c9cc%10c%11c(c98)c8c9c(cc%12c(=O)n(-c%13c(C(C)C)cccc%13C(C)C)c(=O)c%13cc(c%11c9c%12%13)n%10-c9ccc(C)cc9)c9c%10c(=O)n(-c%11c(C(C)C)cccc%11C(C)C)c(=O)c%11cc2c2c(c%11%10)c(c6c(c54)c23)c9c78)cc1. The van der Waals surface area contributed by atoms with E-state index in [1.807, 2.05) is 123 Å². The van der Waals surface area contributed by atoms with Gasteiger partial charge in [0, 0.05) is 119 Å². The van der Waals surface area contributed by atoms with Crippen molar-refractivity contribution in [1.82, 2.24) is 27.4 Å². The number of hydrogen-bond acceptors (Lipinski definition) is 8. The van der Waals surface area contributed by atoms with Gasteiger partial charge < -0.3 is 9.13 Å². The van der Waals surface area contributed by atoms with Crippen molar-refractivity contribution in [3.05, 3.63) is 296 Å². The molecule has 0 aliphatic heterocycles. The van der Waals surface area contributed by atoms with E-state index in [9.17, 15) is 0 Å². The second-order valence-electron chi connectivity index (χ2n) is 38.5. The van der Waals surface area contributed by atoms with Gasteiger partial charge in [-0.25, -0.2) is 18.3 Å². The van der Waals surface area contributed by atoms with Crippen LogP contribution in [0.3, 0.4) is 0 Å². The predicted molar refractivity (Wildman–Crippen MR) is 515 cm³/mol. The first kappa shape index (κ1) is 74.1. The first-order chi connectivity index (χ1) is 59.4. The van der Waals surface area contributed by atoms with E-state index in [1.54, 1.807) is 0 Å². The van der Waals surface area contributed by atoms with Crippen LogP contribution in [0.25, 0.3) is 218 Å². The lowest BCUT2D eigenvalue weighted by molar-refractivity contribution is 0.792. The summed E-state index contributed by atoms with van der Waals surface area (Å²) >= 11 is 0. The zero-order valence-electron chi connectivity index (χ0n) is 72.6. The molecule has 14 heteroatoms. The van der Waals surface area contributed by atoms with E-state index < -0.39 is 44.5 Å². The van der Waals surface area contributed by atoms with Crippen LogP contribution in [0.1, 0.15) is 214 Å². The van der Waals surface area contributed by atoms with Crippen LogP contribution >= 0.6 is 0 Å². The van der Waals surface area contributed by atoms with Crippen molar-refractivity contribution < 1.29 is 0 Å². The van der Waals surface area contributed by atoms with Gasteiger partial charge in [0.2, 0.25) is 0 Å². The van der Waals surface area contributed by atoms with Crippen molar-refractivity contribution in [1.29, 1.82) is 0 Å². The van der Waals surface area contributed by atoms with Gasteiger partial charge in [0.1, 0.15) is 0 Å². The number of aromatic nitrogens is 6. The smallest absolute Gasteiger partial charge is 0.266 e. The molecule has 0 amide bonds. The summed E-state index contributed by atoms with van der Waals surface area (Å²) in [5.41, 5.74) is 9.87. The summed E-state index contributed by atoms with van der Waals surface area (Å²) < 4.78 is 10.00. The van der Waals surface area contributed by atoms with Gasteiger partial charge in [-0.05, 0) is 188 Å². The van der Waals surface area contributed by atoms with Crippen molar-refractivity contribution in [3.63, 3.8) is 0 Å². The Kier molecular flexibility index (Phi) is 14.7. The average molecular weight is 1620 g/mol. The Morgan fingerprint density at radius 1 is 0.177 bits per heavy atom. The van der Waals surface area contributed by atoms with Crippen LogP contribution in [0, 0.1) is 13.8 Å². The third-order valence-electron chi connectivity index (χ3n) is 28.9. The minimum Gasteiger partial charge on any atom is -0.309 e. The lowest BCUT2D eigenvalue weighted by Crippen LogP contribution is -2.34. The van der Waals surface area contributed by atoms with Gasteiger partial charge in [-0.1, -0.05) is 219 Å². The van der Waals surface area contributed by atoms with E-state index in [1.165, 1.54) is 18.3 Å². The number of nitrogens with zero attached hydrogens (tertiary/aromatic N) is 6. The Labute approximate surface area is 709 Å². The molecule has 0 N–H and O–H groups in total. The highest BCUT2D eigenvalue weighted by molar-refractivity contribution is 6.63. The number of para-hydroxylation sites is 4. The Bertz CT molecular complexity index is 8740. The van der Waals surface area contributed by atoms with E-state index in [0.29, 0.717) is 163 Å². The molecule has 14 nitrogen and oxygen atoms in total. The van der Waals surface area contributed by atoms with Crippen LogP contribution < -0.4 is 44.5 Å². The maximum atomic E-state index is 18.4. The third-order valence-corrected chi connectivity index (χ3v) is 28.9. The molecule has 0 saturated heterocycles. The van der Waals surface area contributed by atoms with Crippen LogP contribution in [0.5, 0.6) is 0 Å². The van der Waals surface area contributed by atoms with Crippen molar-refractivity contribution in [3.8, 4) is 34.1 Å². The highest BCUT2D eigenvalue weighted by atomic mass is 16.2. The zero-order valence-corrected chi connectivity index (χ0v) is 72.6. The molecular formula is C110H88N6O8. The van der Waals surface area contributed by atoms with Gasteiger partial charge >= 0.3 is 0 Å². The van der Waals surface area contributed by atoms with Crippen molar-refractivity contribution in [2.24, 2.45) is 0 Å². The van der Waals surface area contributed by atoms with Gasteiger partial charge in [-0.15, -0.1) is 0 Å². The van der Waals surface area contributed by atoms with Gasteiger partial charge in [-0.3, -0.25) is 38.4 Å². The number of hydrogen-bond donors (Lipinski definition) is 0. The lowest BCUT2D eigenvalue weighted by Gasteiger charge is -2.29. The molecule has 24 rings (SSSR count). The summed E-state index contributed by atoms with van der Waals surface area (Å²) in [6, 6.07) is 52.2. The maximum absolute atomic E-state index is 18.4. The van der Waals surface area contributed by atoms with Crippen LogP contribution in [-0.2, 0) is 0 Å². The molecule has 124 heavy (non-hydrogen) atoms. The van der Waals surface area contributed by atoms with Crippen molar-refractivity contribution >= 4 is 184 Å².